The fraction of sp³-hybridized carbons (Fsp3) is 0.389. The highest BCUT2D eigenvalue weighted by Gasteiger charge is 2.21. The SMILES string of the molecule is Oc1ccc2c(c1)CCN(CCOCc1cccc(F)n1)CC2O. The van der Waals surface area contributed by atoms with Gasteiger partial charge in [-0.2, -0.15) is 4.39 Å². The van der Waals surface area contributed by atoms with Gasteiger partial charge < -0.3 is 14.9 Å². The Morgan fingerprint density at radius 2 is 2.17 bits per heavy atom. The number of nitrogens with zero attached hydrogens (tertiary/aromatic N) is 2. The third kappa shape index (κ3) is 4.29. The molecule has 1 aromatic heterocycles. The van der Waals surface area contributed by atoms with E-state index >= 15 is 0 Å². The first-order valence-corrected chi connectivity index (χ1v) is 8.03. The Kier molecular flexibility index (Phi) is 5.40. The molecule has 0 saturated carbocycles. The maximum atomic E-state index is 13.0. The second-order valence-corrected chi connectivity index (χ2v) is 5.95. The Labute approximate surface area is 140 Å². The molecule has 5 nitrogen and oxygen atoms in total. The fourth-order valence-electron chi connectivity index (χ4n) is 2.95. The number of phenols is 1. The summed E-state index contributed by atoms with van der Waals surface area (Å²) in [7, 11) is 0. The predicted molar refractivity (Wildman–Crippen MR) is 87.1 cm³/mol. The number of hydrogen-bond donors (Lipinski definition) is 2. The van der Waals surface area contributed by atoms with Crippen molar-refractivity contribution in [1.82, 2.24) is 9.88 Å². The summed E-state index contributed by atoms with van der Waals surface area (Å²) in [5, 5.41) is 19.9. The molecule has 0 radical (unpaired) electrons. The van der Waals surface area contributed by atoms with Crippen LogP contribution in [0.15, 0.2) is 36.4 Å². The average molecular weight is 332 g/mol. The number of β-amino-alcohol motifs (C(OH)–C–C–N with tert-alkyl or cyclic N) is 1. The molecule has 128 valence electrons. The van der Waals surface area contributed by atoms with Crippen LogP contribution in [0.2, 0.25) is 0 Å². The smallest absolute Gasteiger partial charge is 0.213 e. The number of rotatable bonds is 5. The minimum atomic E-state index is -0.576. The Morgan fingerprint density at radius 1 is 1.29 bits per heavy atom. The molecule has 1 atom stereocenters. The summed E-state index contributed by atoms with van der Waals surface area (Å²) in [6.45, 7) is 2.73. The van der Waals surface area contributed by atoms with Crippen molar-refractivity contribution in [2.24, 2.45) is 0 Å². The van der Waals surface area contributed by atoms with Crippen LogP contribution in [-0.4, -0.2) is 46.3 Å². The van der Waals surface area contributed by atoms with Gasteiger partial charge in [0.25, 0.3) is 0 Å². The van der Waals surface area contributed by atoms with E-state index in [4.69, 9.17) is 4.74 Å². The topological polar surface area (TPSA) is 65.8 Å². The van der Waals surface area contributed by atoms with Crippen molar-refractivity contribution < 1.29 is 19.3 Å². The molecule has 0 spiro atoms. The number of pyridine rings is 1. The molecule has 0 amide bonds. The van der Waals surface area contributed by atoms with Gasteiger partial charge in [0.15, 0.2) is 0 Å². The number of aromatic nitrogens is 1. The average Bonchev–Trinajstić information content (AvgIpc) is 2.70. The van der Waals surface area contributed by atoms with Crippen LogP contribution < -0.4 is 0 Å². The Hall–Kier alpha value is -2.02. The molecule has 1 aliphatic heterocycles. The number of halogens is 1. The number of phenolic OH excluding ortho intramolecular Hbond substituents is 1. The van der Waals surface area contributed by atoms with Gasteiger partial charge in [0.05, 0.1) is 25.0 Å². The van der Waals surface area contributed by atoms with Crippen LogP contribution in [0.4, 0.5) is 4.39 Å². The maximum absolute atomic E-state index is 13.0. The van der Waals surface area contributed by atoms with Gasteiger partial charge in [-0.3, -0.25) is 4.90 Å². The van der Waals surface area contributed by atoms with Gasteiger partial charge in [-0.05, 0) is 41.8 Å². The highest BCUT2D eigenvalue weighted by atomic mass is 19.1. The summed E-state index contributed by atoms with van der Waals surface area (Å²) in [4.78, 5) is 5.88. The van der Waals surface area contributed by atoms with Crippen molar-refractivity contribution in [3.05, 3.63) is 59.2 Å². The van der Waals surface area contributed by atoms with E-state index < -0.39 is 12.1 Å². The summed E-state index contributed by atoms with van der Waals surface area (Å²) in [5.41, 5.74) is 2.42. The number of ether oxygens (including phenoxy) is 1. The van der Waals surface area contributed by atoms with Crippen LogP contribution in [-0.2, 0) is 17.8 Å². The van der Waals surface area contributed by atoms with E-state index in [1.54, 1.807) is 30.3 Å². The van der Waals surface area contributed by atoms with Gasteiger partial charge in [0.2, 0.25) is 5.95 Å². The van der Waals surface area contributed by atoms with Crippen molar-refractivity contribution in [2.75, 3.05) is 26.2 Å². The lowest BCUT2D eigenvalue weighted by Gasteiger charge is -2.21. The van der Waals surface area contributed by atoms with E-state index in [-0.39, 0.29) is 12.4 Å². The third-order valence-electron chi connectivity index (χ3n) is 4.19. The lowest BCUT2D eigenvalue weighted by molar-refractivity contribution is 0.0685. The van der Waals surface area contributed by atoms with E-state index in [2.05, 4.69) is 9.88 Å². The van der Waals surface area contributed by atoms with Crippen LogP contribution >= 0.6 is 0 Å². The van der Waals surface area contributed by atoms with E-state index in [0.29, 0.717) is 25.4 Å². The summed E-state index contributed by atoms with van der Waals surface area (Å²) >= 11 is 0. The third-order valence-corrected chi connectivity index (χ3v) is 4.19. The fourth-order valence-corrected chi connectivity index (χ4v) is 2.95. The molecule has 2 heterocycles. The molecule has 24 heavy (non-hydrogen) atoms. The molecule has 6 heteroatoms. The zero-order valence-corrected chi connectivity index (χ0v) is 13.4. The van der Waals surface area contributed by atoms with Crippen LogP contribution in [0.25, 0.3) is 0 Å². The first kappa shape index (κ1) is 16.8. The zero-order valence-electron chi connectivity index (χ0n) is 13.4. The van der Waals surface area contributed by atoms with E-state index in [1.807, 2.05) is 0 Å². The molecule has 0 saturated heterocycles. The number of aliphatic hydroxyl groups is 1. The Balaban J connectivity index is 1.49. The lowest BCUT2D eigenvalue weighted by Crippen LogP contribution is -2.31. The number of hydrogen-bond acceptors (Lipinski definition) is 5. The standard InChI is InChI=1S/C18H21FN2O3/c19-18-3-1-2-14(20-18)12-24-9-8-21-7-6-13-10-15(22)4-5-16(13)17(23)11-21/h1-5,10,17,22-23H,6-9,11-12H2. The van der Waals surface area contributed by atoms with Crippen molar-refractivity contribution >= 4 is 0 Å². The Morgan fingerprint density at radius 3 is 3.00 bits per heavy atom. The normalized spacial score (nSPS) is 18.2. The quantitative estimate of drug-likeness (QED) is 0.648. The van der Waals surface area contributed by atoms with E-state index in [0.717, 1.165) is 24.1 Å². The molecule has 1 aromatic carbocycles. The second kappa shape index (κ2) is 7.70. The molecule has 2 N–H and O–H groups in total. The summed E-state index contributed by atoms with van der Waals surface area (Å²) in [6, 6.07) is 9.74. The number of aromatic hydroxyl groups is 1. The van der Waals surface area contributed by atoms with Crippen molar-refractivity contribution in [3.8, 4) is 5.75 Å². The van der Waals surface area contributed by atoms with Crippen LogP contribution in [0.5, 0.6) is 5.75 Å². The molecule has 0 fully saturated rings. The largest absolute Gasteiger partial charge is 0.508 e. The molecular weight excluding hydrogens is 311 g/mol. The van der Waals surface area contributed by atoms with Crippen LogP contribution in [0.3, 0.4) is 0 Å². The Bertz CT molecular complexity index is 696. The minimum Gasteiger partial charge on any atom is -0.508 e. The molecule has 2 aromatic rings. The monoisotopic (exact) mass is 332 g/mol. The van der Waals surface area contributed by atoms with E-state index in [9.17, 15) is 14.6 Å². The number of aliphatic hydroxyl groups excluding tert-OH is 1. The van der Waals surface area contributed by atoms with Gasteiger partial charge in [0.1, 0.15) is 5.75 Å². The van der Waals surface area contributed by atoms with Crippen LogP contribution in [0, 0.1) is 5.95 Å². The van der Waals surface area contributed by atoms with Gasteiger partial charge in [-0.15, -0.1) is 0 Å². The lowest BCUT2D eigenvalue weighted by atomic mass is 10.0. The summed E-state index contributed by atoms with van der Waals surface area (Å²) < 4.78 is 18.6. The molecule has 3 rings (SSSR count). The first-order valence-electron chi connectivity index (χ1n) is 8.03. The van der Waals surface area contributed by atoms with Gasteiger partial charge in [-0.1, -0.05) is 12.1 Å². The number of fused-ring (bicyclic) bond motifs is 1. The highest BCUT2D eigenvalue weighted by molar-refractivity contribution is 5.37. The second-order valence-electron chi connectivity index (χ2n) is 5.95. The molecule has 1 aliphatic rings. The predicted octanol–water partition coefficient (Wildman–Crippen LogP) is 2.03. The minimum absolute atomic E-state index is 0.223. The maximum Gasteiger partial charge on any atom is 0.213 e. The molecule has 0 bridgehead atoms. The zero-order chi connectivity index (χ0) is 16.9. The van der Waals surface area contributed by atoms with Gasteiger partial charge >= 0.3 is 0 Å². The number of benzene rings is 1. The molecular formula is C18H21FN2O3. The van der Waals surface area contributed by atoms with Crippen molar-refractivity contribution in [3.63, 3.8) is 0 Å². The van der Waals surface area contributed by atoms with Crippen LogP contribution in [0.1, 0.15) is 22.9 Å². The summed E-state index contributed by atoms with van der Waals surface area (Å²) in [5.74, 6) is -0.284. The van der Waals surface area contributed by atoms with E-state index in [1.165, 1.54) is 6.07 Å². The molecule has 0 aliphatic carbocycles. The first-order chi connectivity index (χ1) is 11.6. The van der Waals surface area contributed by atoms with Gasteiger partial charge in [-0.25, -0.2) is 4.98 Å². The van der Waals surface area contributed by atoms with Crippen molar-refractivity contribution in [2.45, 2.75) is 19.1 Å². The van der Waals surface area contributed by atoms with Crippen molar-refractivity contribution in [1.29, 1.82) is 0 Å². The van der Waals surface area contributed by atoms with Gasteiger partial charge in [0, 0.05) is 19.6 Å². The summed E-state index contributed by atoms with van der Waals surface area (Å²) in [6.07, 6.45) is 0.194. The molecule has 1 unspecified atom stereocenters. The highest BCUT2D eigenvalue weighted by Crippen LogP contribution is 2.26.